The van der Waals surface area contributed by atoms with Crippen LogP contribution in [0.1, 0.15) is 44.1 Å². The molecule has 0 aromatic carbocycles. The van der Waals surface area contributed by atoms with Gasteiger partial charge < -0.3 is 4.57 Å². The first kappa shape index (κ1) is 7.84. The summed E-state index contributed by atoms with van der Waals surface area (Å²) in [6, 6.07) is 0.569. The van der Waals surface area contributed by atoms with Crippen LogP contribution in [-0.4, -0.2) is 9.55 Å². The van der Waals surface area contributed by atoms with Crippen molar-refractivity contribution < 1.29 is 0 Å². The van der Waals surface area contributed by atoms with Gasteiger partial charge in [0.2, 0.25) is 0 Å². The Labute approximate surface area is 73.6 Å². The Hall–Kier alpha value is -0.790. The first-order chi connectivity index (χ1) is 5.79. The van der Waals surface area contributed by atoms with Crippen LogP contribution in [0, 0.1) is 0 Å². The smallest absolute Gasteiger partial charge is 0.0954 e. The van der Waals surface area contributed by atoms with Crippen molar-refractivity contribution in [2.24, 2.45) is 0 Å². The summed E-state index contributed by atoms with van der Waals surface area (Å²) in [7, 11) is 0. The molecule has 1 aromatic heterocycles. The molecule has 0 fully saturated rings. The Morgan fingerprint density at radius 1 is 1.33 bits per heavy atom. The fraction of sp³-hybridized carbons (Fsp3) is 0.700. The largest absolute Gasteiger partial charge is 0.332 e. The van der Waals surface area contributed by atoms with Crippen LogP contribution in [-0.2, 0) is 12.8 Å². The van der Waals surface area contributed by atoms with Crippen molar-refractivity contribution in [3.05, 3.63) is 17.7 Å². The molecule has 1 heterocycles. The highest BCUT2D eigenvalue weighted by atomic mass is 15.1. The minimum absolute atomic E-state index is 0.569. The van der Waals surface area contributed by atoms with Crippen LogP contribution in [0.2, 0.25) is 0 Å². The van der Waals surface area contributed by atoms with Crippen molar-refractivity contribution in [1.29, 1.82) is 0 Å². The Morgan fingerprint density at radius 2 is 2.08 bits per heavy atom. The van der Waals surface area contributed by atoms with Gasteiger partial charge in [-0.15, -0.1) is 0 Å². The quantitative estimate of drug-likeness (QED) is 0.623. The molecule has 2 nitrogen and oxygen atoms in total. The molecule has 66 valence electrons. The van der Waals surface area contributed by atoms with Crippen LogP contribution in [0.4, 0.5) is 0 Å². The maximum absolute atomic E-state index is 4.44. The third kappa shape index (κ3) is 1.15. The normalized spacial score (nSPS) is 16.6. The van der Waals surface area contributed by atoms with E-state index in [9.17, 15) is 0 Å². The van der Waals surface area contributed by atoms with Gasteiger partial charge in [0.1, 0.15) is 0 Å². The number of aryl methyl sites for hydroxylation is 1. The fourth-order valence-corrected chi connectivity index (χ4v) is 1.94. The SMILES string of the molecule is CC(C)n1cnc2c1CCCC2. The summed E-state index contributed by atoms with van der Waals surface area (Å²) in [5.41, 5.74) is 2.83. The van der Waals surface area contributed by atoms with Crippen LogP contribution in [0.15, 0.2) is 6.33 Å². The third-order valence-corrected chi connectivity index (χ3v) is 2.62. The van der Waals surface area contributed by atoms with E-state index in [2.05, 4.69) is 23.4 Å². The molecular weight excluding hydrogens is 148 g/mol. The predicted octanol–water partition coefficient (Wildman–Crippen LogP) is 2.34. The Morgan fingerprint density at radius 3 is 2.83 bits per heavy atom. The van der Waals surface area contributed by atoms with Gasteiger partial charge >= 0.3 is 0 Å². The van der Waals surface area contributed by atoms with Crippen molar-refractivity contribution in [2.75, 3.05) is 0 Å². The van der Waals surface area contributed by atoms with Crippen molar-refractivity contribution in [3.63, 3.8) is 0 Å². The van der Waals surface area contributed by atoms with E-state index in [1.807, 2.05) is 6.33 Å². The summed E-state index contributed by atoms with van der Waals surface area (Å²) in [6.45, 7) is 4.44. The number of imidazole rings is 1. The van der Waals surface area contributed by atoms with Crippen LogP contribution in [0.25, 0.3) is 0 Å². The summed E-state index contributed by atoms with van der Waals surface area (Å²) >= 11 is 0. The minimum atomic E-state index is 0.569. The zero-order chi connectivity index (χ0) is 8.55. The first-order valence-electron chi connectivity index (χ1n) is 4.83. The molecule has 0 unspecified atom stereocenters. The molecule has 2 heteroatoms. The maximum atomic E-state index is 4.44. The van der Waals surface area contributed by atoms with Crippen molar-refractivity contribution >= 4 is 0 Å². The summed E-state index contributed by atoms with van der Waals surface area (Å²) in [5.74, 6) is 0. The van der Waals surface area contributed by atoms with Crippen molar-refractivity contribution in [1.82, 2.24) is 9.55 Å². The van der Waals surface area contributed by atoms with E-state index >= 15 is 0 Å². The molecule has 1 aliphatic carbocycles. The second-order valence-electron chi connectivity index (χ2n) is 3.85. The predicted molar refractivity (Wildman–Crippen MR) is 49.3 cm³/mol. The third-order valence-electron chi connectivity index (χ3n) is 2.62. The first-order valence-corrected chi connectivity index (χ1v) is 4.83. The lowest BCUT2D eigenvalue weighted by Crippen LogP contribution is -2.09. The van der Waals surface area contributed by atoms with Crippen molar-refractivity contribution in [2.45, 2.75) is 45.6 Å². The lowest BCUT2D eigenvalue weighted by molar-refractivity contribution is 0.548. The van der Waals surface area contributed by atoms with Gasteiger partial charge in [-0.25, -0.2) is 4.98 Å². The van der Waals surface area contributed by atoms with Crippen LogP contribution in [0.5, 0.6) is 0 Å². The van der Waals surface area contributed by atoms with Crippen LogP contribution >= 0.6 is 0 Å². The molecule has 0 radical (unpaired) electrons. The van der Waals surface area contributed by atoms with E-state index in [0.717, 1.165) is 0 Å². The number of aromatic nitrogens is 2. The molecule has 1 aromatic rings. The summed E-state index contributed by atoms with van der Waals surface area (Å²) < 4.78 is 2.31. The van der Waals surface area contributed by atoms with Crippen LogP contribution < -0.4 is 0 Å². The number of rotatable bonds is 1. The molecule has 0 spiro atoms. The molecule has 0 aliphatic heterocycles. The number of hydrogen-bond donors (Lipinski definition) is 0. The molecule has 0 amide bonds. The minimum Gasteiger partial charge on any atom is -0.332 e. The molecule has 0 N–H and O–H groups in total. The average Bonchev–Trinajstić information content (AvgIpc) is 2.47. The summed E-state index contributed by atoms with van der Waals surface area (Å²) in [6.07, 6.45) is 7.08. The van der Waals surface area contributed by atoms with Gasteiger partial charge in [-0.3, -0.25) is 0 Å². The van der Waals surface area contributed by atoms with Gasteiger partial charge in [0.05, 0.1) is 12.0 Å². The summed E-state index contributed by atoms with van der Waals surface area (Å²) in [4.78, 5) is 4.44. The number of hydrogen-bond acceptors (Lipinski definition) is 1. The highest BCUT2D eigenvalue weighted by molar-refractivity contribution is 5.16. The van der Waals surface area contributed by atoms with Gasteiger partial charge in [-0.05, 0) is 39.5 Å². The Kier molecular flexibility index (Phi) is 1.91. The van der Waals surface area contributed by atoms with E-state index in [1.165, 1.54) is 37.1 Å². The van der Waals surface area contributed by atoms with E-state index in [4.69, 9.17) is 0 Å². The molecule has 12 heavy (non-hydrogen) atoms. The molecule has 2 rings (SSSR count). The molecule has 0 atom stereocenters. The van der Waals surface area contributed by atoms with Gasteiger partial charge in [-0.2, -0.15) is 0 Å². The Bertz CT molecular complexity index is 273. The van der Waals surface area contributed by atoms with E-state index < -0.39 is 0 Å². The number of fused-ring (bicyclic) bond motifs is 1. The number of nitrogens with zero attached hydrogens (tertiary/aromatic N) is 2. The fourth-order valence-electron chi connectivity index (χ4n) is 1.94. The lowest BCUT2D eigenvalue weighted by Gasteiger charge is -2.16. The summed E-state index contributed by atoms with van der Waals surface area (Å²) in [5, 5.41) is 0. The van der Waals surface area contributed by atoms with E-state index in [-0.39, 0.29) is 0 Å². The van der Waals surface area contributed by atoms with Crippen molar-refractivity contribution in [3.8, 4) is 0 Å². The maximum Gasteiger partial charge on any atom is 0.0954 e. The van der Waals surface area contributed by atoms with Crippen LogP contribution in [0.3, 0.4) is 0 Å². The monoisotopic (exact) mass is 164 g/mol. The topological polar surface area (TPSA) is 17.8 Å². The zero-order valence-corrected chi connectivity index (χ0v) is 7.88. The van der Waals surface area contributed by atoms with E-state index in [0.29, 0.717) is 6.04 Å². The lowest BCUT2D eigenvalue weighted by atomic mass is 10.0. The zero-order valence-electron chi connectivity index (χ0n) is 7.88. The molecule has 1 aliphatic rings. The highest BCUT2D eigenvalue weighted by Crippen LogP contribution is 2.22. The van der Waals surface area contributed by atoms with Gasteiger partial charge in [0.15, 0.2) is 0 Å². The van der Waals surface area contributed by atoms with Gasteiger partial charge in [0, 0.05) is 11.7 Å². The molecule has 0 bridgehead atoms. The van der Waals surface area contributed by atoms with Gasteiger partial charge in [-0.1, -0.05) is 0 Å². The molecule has 0 saturated heterocycles. The molecule has 0 saturated carbocycles. The Balaban J connectivity index is 2.38. The second-order valence-corrected chi connectivity index (χ2v) is 3.85. The van der Waals surface area contributed by atoms with E-state index in [1.54, 1.807) is 0 Å². The molecular formula is C10H16N2. The standard InChI is InChI=1S/C10H16N2/c1-8(2)12-7-11-9-5-3-4-6-10(9)12/h7-8H,3-6H2,1-2H3. The van der Waals surface area contributed by atoms with Gasteiger partial charge in [0.25, 0.3) is 0 Å². The highest BCUT2D eigenvalue weighted by Gasteiger charge is 2.15. The second kappa shape index (κ2) is 2.92. The average molecular weight is 164 g/mol.